The van der Waals surface area contributed by atoms with Gasteiger partial charge in [-0.25, -0.2) is 8.42 Å². The zero-order chi connectivity index (χ0) is 25.7. The Labute approximate surface area is 213 Å². The minimum absolute atomic E-state index is 0.123. The summed E-state index contributed by atoms with van der Waals surface area (Å²) in [5.41, 5.74) is 0.867. The Morgan fingerprint density at radius 3 is 2.28 bits per heavy atom. The van der Waals surface area contributed by atoms with Crippen LogP contribution in [0.15, 0.2) is 77.7 Å². The molecule has 36 heavy (non-hydrogen) atoms. The number of benzene rings is 3. The van der Waals surface area contributed by atoms with Crippen molar-refractivity contribution in [2.75, 3.05) is 13.6 Å². The summed E-state index contributed by atoms with van der Waals surface area (Å²) in [5, 5.41) is 4.80. The number of rotatable bonds is 9. The van der Waals surface area contributed by atoms with E-state index >= 15 is 0 Å². The average Bonchev–Trinajstić information content (AvgIpc) is 3.40. The maximum Gasteiger partial charge on any atom is 0.243 e. The first kappa shape index (κ1) is 25.9. The lowest BCUT2D eigenvalue weighted by molar-refractivity contribution is -0.140. The van der Waals surface area contributed by atoms with E-state index in [1.807, 2.05) is 54.6 Å². The van der Waals surface area contributed by atoms with Gasteiger partial charge in [-0.3, -0.25) is 9.59 Å². The van der Waals surface area contributed by atoms with Crippen molar-refractivity contribution in [3.8, 4) is 0 Å². The standard InChI is InChI=1S/C28H33N3O4S/c1-21(28(33)29-25-14-8-9-15-25)31(19-22-10-4-3-5-11-22)27(32)20-30(2)36(34,35)26-17-16-23-12-6-7-13-24(23)18-26/h3-7,10-13,16-18,21,25H,8-9,14-15,19-20H2,1-2H3,(H,29,33). The first-order chi connectivity index (χ1) is 17.3. The summed E-state index contributed by atoms with van der Waals surface area (Å²) in [6, 6.07) is 21.2. The van der Waals surface area contributed by atoms with Crippen LogP contribution in [0.3, 0.4) is 0 Å². The SMILES string of the molecule is CC(C(=O)NC1CCCC1)N(Cc1ccccc1)C(=O)CN(C)S(=O)(=O)c1ccc2ccccc2c1. The van der Waals surface area contributed by atoms with Crippen LogP contribution in [0.1, 0.15) is 38.2 Å². The van der Waals surface area contributed by atoms with Crippen LogP contribution in [-0.2, 0) is 26.2 Å². The molecule has 1 aliphatic carbocycles. The number of nitrogens with one attached hydrogen (secondary N) is 1. The average molecular weight is 508 g/mol. The van der Waals surface area contributed by atoms with Gasteiger partial charge in [0.05, 0.1) is 11.4 Å². The van der Waals surface area contributed by atoms with Gasteiger partial charge >= 0.3 is 0 Å². The topological polar surface area (TPSA) is 86.8 Å². The molecule has 0 heterocycles. The van der Waals surface area contributed by atoms with E-state index in [0.29, 0.717) is 0 Å². The van der Waals surface area contributed by atoms with Gasteiger partial charge in [-0.15, -0.1) is 0 Å². The first-order valence-electron chi connectivity index (χ1n) is 12.3. The monoisotopic (exact) mass is 507 g/mol. The van der Waals surface area contributed by atoms with Crippen LogP contribution in [0.2, 0.25) is 0 Å². The summed E-state index contributed by atoms with van der Waals surface area (Å²) < 4.78 is 27.7. The van der Waals surface area contributed by atoms with Crippen molar-refractivity contribution < 1.29 is 18.0 Å². The summed E-state index contributed by atoms with van der Waals surface area (Å²) >= 11 is 0. The van der Waals surface area contributed by atoms with Crippen LogP contribution in [-0.4, -0.2) is 55.1 Å². The van der Waals surface area contributed by atoms with Crippen molar-refractivity contribution in [3.05, 3.63) is 78.4 Å². The lowest BCUT2D eigenvalue weighted by atomic mass is 10.1. The quantitative estimate of drug-likeness (QED) is 0.475. The van der Waals surface area contributed by atoms with Gasteiger partial charge in [-0.1, -0.05) is 73.5 Å². The number of fused-ring (bicyclic) bond motifs is 1. The molecule has 1 fully saturated rings. The second-order valence-electron chi connectivity index (χ2n) is 9.44. The van der Waals surface area contributed by atoms with E-state index < -0.39 is 22.0 Å². The molecule has 1 unspecified atom stereocenters. The van der Waals surface area contributed by atoms with E-state index in [1.54, 1.807) is 25.1 Å². The second kappa shape index (κ2) is 11.2. The highest BCUT2D eigenvalue weighted by atomic mass is 32.2. The molecule has 7 nitrogen and oxygen atoms in total. The molecular formula is C28H33N3O4S. The third kappa shape index (κ3) is 5.94. The maximum absolute atomic E-state index is 13.5. The molecule has 3 aromatic rings. The molecule has 0 aromatic heterocycles. The minimum atomic E-state index is -3.91. The molecule has 0 saturated heterocycles. The molecule has 1 saturated carbocycles. The zero-order valence-corrected chi connectivity index (χ0v) is 21.6. The van der Waals surface area contributed by atoms with Gasteiger partial charge < -0.3 is 10.2 Å². The molecule has 1 atom stereocenters. The number of hydrogen-bond donors (Lipinski definition) is 1. The van der Waals surface area contributed by atoms with Crippen LogP contribution in [0.25, 0.3) is 10.8 Å². The maximum atomic E-state index is 13.5. The highest BCUT2D eigenvalue weighted by molar-refractivity contribution is 7.89. The molecule has 3 aromatic carbocycles. The van der Waals surface area contributed by atoms with Crippen LogP contribution in [0.4, 0.5) is 0 Å². The molecule has 190 valence electrons. The van der Waals surface area contributed by atoms with Crippen LogP contribution >= 0.6 is 0 Å². The summed E-state index contributed by atoms with van der Waals surface area (Å²) in [6.07, 6.45) is 4.06. The molecule has 1 N–H and O–H groups in total. The van der Waals surface area contributed by atoms with Crippen molar-refractivity contribution in [2.24, 2.45) is 0 Å². The third-order valence-electron chi connectivity index (χ3n) is 6.85. The van der Waals surface area contributed by atoms with Crippen molar-refractivity contribution in [1.29, 1.82) is 0 Å². The highest BCUT2D eigenvalue weighted by Gasteiger charge is 2.31. The largest absolute Gasteiger partial charge is 0.352 e. The molecule has 2 amide bonds. The molecule has 8 heteroatoms. The van der Waals surface area contributed by atoms with Gasteiger partial charge in [0, 0.05) is 19.6 Å². The van der Waals surface area contributed by atoms with Crippen LogP contribution in [0.5, 0.6) is 0 Å². The van der Waals surface area contributed by atoms with E-state index in [1.165, 1.54) is 11.9 Å². The van der Waals surface area contributed by atoms with E-state index in [-0.39, 0.29) is 29.9 Å². The number of likely N-dealkylation sites (N-methyl/N-ethyl adjacent to an activating group) is 1. The van der Waals surface area contributed by atoms with Crippen molar-refractivity contribution in [2.45, 2.75) is 56.1 Å². The molecule has 0 bridgehead atoms. The number of carbonyl (C=O) groups excluding carboxylic acids is 2. The van der Waals surface area contributed by atoms with Gasteiger partial charge in [-0.05, 0) is 48.2 Å². The van der Waals surface area contributed by atoms with E-state index in [4.69, 9.17) is 0 Å². The fourth-order valence-electron chi connectivity index (χ4n) is 4.63. The molecular weight excluding hydrogens is 474 g/mol. The molecule has 1 aliphatic rings. The number of hydrogen-bond acceptors (Lipinski definition) is 4. The minimum Gasteiger partial charge on any atom is -0.352 e. The Morgan fingerprint density at radius 2 is 1.58 bits per heavy atom. The van der Waals surface area contributed by atoms with Crippen LogP contribution in [0, 0.1) is 0 Å². The fraction of sp³-hybridized carbons (Fsp3) is 0.357. The molecule has 4 rings (SSSR count). The Hall–Kier alpha value is -3.23. The van der Waals surface area contributed by atoms with Gasteiger partial charge in [0.2, 0.25) is 21.8 Å². The van der Waals surface area contributed by atoms with Crippen LogP contribution < -0.4 is 5.32 Å². The summed E-state index contributed by atoms with van der Waals surface area (Å²) in [5.74, 6) is -0.647. The Kier molecular flexibility index (Phi) is 8.06. The highest BCUT2D eigenvalue weighted by Crippen LogP contribution is 2.22. The van der Waals surface area contributed by atoms with Crippen molar-refractivity contribution >= 4 is 32.6 Å². The van der Waals surface area contributed by atoms with E-state index in [9.17, 15) is 18.0 Å². The fourth-order valence-corrected chi connectivity index (χ4v) is 5.78. The molecule has 0 aliphatic heterocycles. The molecule has 0 spiro atoms. The van der Waals surface area contributed by atoms with Crippen molar-refractivity contribution in [3.63, 3.8) is 0 Å². The Morgan fingerprint density at radius 1 is 0.944 bits per heavy atom. The lowest BCUT2D eigenvalue weighted by Crippen LogP contribution is -2.52. The predicted octanol–water partition coefficient (Wildman–Crippen LogP) is 3.94. The predicted molar refractivity (Wildman–Crippen MR) is 141 cm³/mol. The van der Waals surface area contributed by atoms with Gasteiger partial charge in [0.1, 0.15) is 6.04 Å². The third-order valence-corrected chi connectivity index (χ3v) is 8.65. The van der Waals surface area contributed by atoms with Crippen molar-refractivity contribution in [1.82, 2.24) is 14.5 Å². The normalized spacial score (nSPS) is 15.2. The van der Waals surface area contributed by atoms with Gasteiger partial charge in [-0.2, -0.15) is 4.31 Å². The smallest absolute Gasteiger partial charge is 0.243 e. The summed E-state index contributed by atoms with van der Waals surface area (Å²) in [4.78, 5) is 28.1. The van der Waals surface area contributed by atoms with Gasteiger partial charge in [0.25, 0.3) is 0 Å². The summed E-state index contributed by atoms with van der Waals surface area (Å²) in [7, 11) is -2.52. The first-order valence-corrected chi connectivity index (χ1v) is 13.8. The summed E-state index contributed by atoms with van der Waals surface area (Å²) in [6.45, 7) is 1.54. The Balaban J connectivity index is 1.53. The van der Waals surface area contributed by atoms with E-state index in [0.717, 1.165) is 46.3 Å². The van der Waals surface area contributed by atoms with E-state index in [2.05, 4.69) is 5.32 Å². The Bertz CT molecular complexity index is 1320. The second-order valence-corrected chi connectivity index (χ2v) is 11.5. The molecule has 0 radical (unpaired) electrons. The zero-order valence-electron chi connectivity index (χ0n) is 20.8. The lowest BCUT2D eigenvalue weighted by Gasteiger charge is -2.31. The van der Waals surface area contributed by atoms with Gasteiger partial charge in [0.15, 0.2) is 0 Å². The number of nitrogens with zero attached hydrogens (tertiary/aromatic N) is 2. The number of sulfonamides is 1. The number of carbonyl (C=O) groups is 2. The number of amides is 2.